The monoisotopic (exact) mass is 278 g/mol. The fraction of sp³-hybridized carbons (Fsp3) is 0.0667. The summed E-state index contributed by atoms with van der Waals surface area (Å²) in [6.07, 6.45) is 4.84. The zero-order valence-electron chi connectivity index (χ0n) is 11.1. The van der Waals surface area contributed by atoms with Crippen LogP contribution in [-0.2, 0) is 4.74 Å². The smallest absolute Gasteiger partial charge is 0.340 e. The molecule has 0 aliphatic rings. The van der Waals surface area contributed by atoms with Crippen molar-refractivity contribution in [3.8, 4) is 12.0 Å². The second kappa shape index (κ2) is 5.06. The van der Waals surface area contributed by atoms with Crippen LogP contribution in [0.3, 0.4) is 0 Å². The van der Waals surface area contributed by atoms with Gasteiger partial charge in [-0.3, -0.25) is 4.57 Å². The molecule has 6 heteroatoms. The van der Waals surface area contributed by atoms with E-state index in [2.05, 4.69) is 16.0 Å². The fourth-order valence-corrected chi connectivity index (χ4v) is 2.15. The molecule has 0 saturated carbocycles. The fourth-order valence-electron chi connectivity index (χ4n) is 2.15. The largest absolute Gasteiger partial charge is 0.465 e. The van der Waals surface area contributed by atoms with Crippen LogP contribution in [0.25, 0.3) is 16.9 Å². The molecule has 0 saturated heterocycles. The molecule has 0 radical (unpaired) electrons. The molecule has 3 aromatic rings. The van der Waals surface area contributed by atoms with Crippen LogP contribution in [0, 0.1) is 11.3 Å². The maximum Gasteiger partial charge on any atom is 0.340 e. The van der Waals surface area contributed by atoms with Crippen molar-refractivity contribution in [1.82, 2.24) is 14.5 Å². The maximum atomic E-state index is 11.9. The number of nitrogens with zero attached hydrogens (tertiary/aromatic N) is 4. The Bertz CT molecular complexity index is 863. The summed E-state index contributed by atoms with van der Waals surface area (Å²) in [6.45, 7) is 0. The van der Waals surface area contributed by atoms with Gasteiger partial charge in [0.15, 0.2) is 0 Å². The summed E-state index contributed by atoms with van der Waals surface area (Å²) in [5.41, 5.74) is 1.58. The SMILES string of the molecule is COC(=O)c1cn(-c2ncccn2)c2cc(C#N)ccc12. The molecule has 1 aromatic carbocycles. The molecule has 0 fully saturated rings. The summed E-state index contributed by atoms with van der Waals surface area (Å²) >= 11 is 0. The van der Waals surface area contributed by atoms with Crippen LogP contribution in [0.1, 0.15) is 15.9 Å². The van der Waals surface area contributed by atoms with Crippen molar-refractivity contribution < 1.29 is 9.53 Å². The number of carbonyl (C=O) groups is 1. The molecule has 0 unspecified atom stereocenters. The minimum absolute atomic E-state index is 0.407. The first-order chi connectivity index (χ1) is 10.2. The number of esters is 1. The van der Waals surface area contributed by atoms with Gasteiger partial charge in [-0.2, -0.15) is 5.26 Å². The van der Waals surface area contributed by atoms with E-state index in [4.69, 9.17) is 10.00 Å². The third-order valence-corrected chi connectivity index (χ3v) is 3.11. The number of carbonyl (C=O) groups excluding carboxylic acids is 1. The second-order valence-electron chi connectivity index (χ2n) is 4.30. The predicted molar refractivity (Wildman–Crippen MR) is 74.9 cm³/mol. The molecule has 2 heterocycles. The second-order valence-corrected chi connectivity index (χ2v) is 4.30. The van der Waals surface area contributed by atoms with Crippen molar-refractivity contribution in [3.05, 3.63) is 54.0 Å². The molecule has 102 valence electrons. The molecule has 21 heavy (non-hydrogen) atoms. The van der Waals surface area contributed by atoms with Gasteiger partial charge in [-0.15, -0.1) is 0 Å². The zero-order chi connectivity index (χ0) is 14.8. The lowest BCUT2D eigenvalue weighted by atomic mass is 10.1. The molecule has 6 nitrogen and oxygen atoms in total. The Morgan fingerprint density at radius 1 is 1.33 bits per heavy atom. The van der Waals surface area contributed by atoms with E-state index in [1.54, 1.807) is 47.4 Å². The van der Waals surface area contributed by atoms with Gasteiger partial charge in [-0.25, -0.2) is 14.8 Å². The number of benzene rings is 1. The lowest BCUT2D eigenvalue weighted by Gasteiger charge is -2.02. The Morgan fingerprint density at radius 2 is 2.10 bits per heavy atom. The Morgan fingerprint density at radius 3 is 2.76 bits per heavy atom. The van der Waals surface area contributed by atoms with Crippen LogP contribution in [0.15, 0.2) is 42.9 Å². The minimum atomic E-state index is -0.445. The highest BCUT2D eigenvalue weighted by Crippen LogP contribution is 2.25. The highest BCUT2D eigenvalue weighted by Gasteiger charge is 2.17. The van der Waals surface area contributed by atoms with Crippen LogP contribution in [0.4, 0.5) is 0 Å². The van der Waals surface area contributed by atoms with Gasteiger partial charge >= 0.3 is 5.97 Å². The van der Waals surface area contributed by atoms with Gasteiger partial charge in [0.1, 0.15) is 0 Å². The van der Waals surface area contributed by atoms with Crippen LogP contribution >= 0.6 is 0 Å². The van der Waals surface area contributed by atoms with E-state index in [-0.39, 0.29) is 0 Å². The lowest BCUT2D eigenvalue weighted by molar-refractivity contribution is 0.0603. The number of nitriles is 1. The highest BCUT2D eigenvalue weighted by molar-refractivity contribution is 6.05. The van der Waals surface area contributed by atoms with E-state index in [0.717, 1.165) is 0 Å². The quantitative estimate of drug-likeness (QED) is 0.670. The Kier molecular flexibility index (Phi) is 3.09. The van der Waals surface area contributed by atoms with E-state index in [1.807, 2.05) is 0 Å². The average molecular weight is 278 g/mol. The summed E-state index contributed by atoms with van der Waals surface area (Å²) in [6, 6.07) is 8.86. The first-order valence-corrected chi connectivity index (χ1v) is 6.15. The van der Waals surface area contributed by atoms with Gasteiger partial charge in [-0.1, -0.05) is 6.07 Å². The van der Waals surface area contributed by atoms with Crippen molar-refractivity contribution in [2.24, 2.45) is 0 Å². The van der Waals surface area contributed by atoms with E-state index in [0.29, 0.717) is 28.0 Å². The van der Waals surface area contributed by atoms with Crippen LogP contribution in [0.2, 0.25) is 0 Å². The Balaban J connectivity index is 2.33. The molecule has 0 N–H and O–H groups in total. The number of aromatic nitrogens is 3. The third kappa shape index (κ3) is 2.11. The van der Waals surface area contributed by atoms with Crippen LogP contribution < -0.4 is 0 Å². The topological polar surface area (TPSA) is 80.8 Å². The molecule has 0 bridgehead atoms. The number of ether oxygens (including phenoxy) is 1. The van der Waals surface area contributed by atoms with Crippen molar-refractivity contribution in [1.29, 1.82) is 5.26 Å². The molecule has 0 atom stereocenters. The van der Waals surface area contributed by atoms with Crippen molar-refractivity contribution in [3.63, 3.8) is 0 Å². The summed E-state index contributed by atoms with van der Waals surface area (Å²) < 4.78 is 6.46. The molecule has 0 amide bonds. The van der Waals surface area contributed by atoms with Gasteiger partial charge in [0.2, 0.25) is 5.95 Å². The van der Waals surface area contributed by atoms with E-state index in [9.17, 15) is 4.79 Å². The predicted octanol–water partition coefficient (Wildman–Crippen LogP) is 2.08. The standard InChI is InChI=1S/C15H10N4O2/c1-21-14(20)12-9-19(15-17-5-2-6-18-15)13-7-10(8-16)3-4-11(12)13/h2-7,9H,1H3. The van der Waals surface area contributed by atoms with E-state index in [1.165, 1.54) is 7.11 Å². The van der Waals surface area contributed by atoms with Crippen molar-refractivity contribution >= 4 is 16.9 Å². The molecule has 0 aliphatic heterocycles. The third-order valence-electron chi connectivity index (χ3n) is 3.11. The van der Waals surface area contributed by atoms with Crippen LogP contribution in [-0.4, -0.2) is 27.6 Å². The van der Waals surface area contributed by atoms with Gasteiger partial charge in [0.05, 0.1) is 29.8 Å². The normalized spacial score (nSPS) is 10.3. The molecule has 0 aliphatic carbocycles. The Hall–Kier alpha value is -3.20. The molecule has 2 aromatic heterocycles. The number of rotatable bonds is 2. The highest BCUT2D eigenvalue weighted by atomic mass is 16.5. The number of fused-ring (bicyclic) bond motifs is 1. The Labute approximate surface area is 120 Å². The van der Waals surface area contributed by atoms with Crippen LogP contribution in [0.5, 0.6) is 0 Å². The lowest BCUT2D eigenvalue weighted by Crippen LogP contribution is -2.01. The number of hydrogen-bond donors (Lipinski definition) is 0. The molecule has 3 rings (SSSR count). The van der Waals surface area contributed by atoms with Gasteiger partial charge < -0.3 is 4.74 Å². The first kappa shape index (κ1) is 12.8. The number of methoxy groups -OCH3 is 1. The average Bonchev–Trinajstić information content (AvgIpc) is 2.93. The van der Waals surface area contributed by atoms with Gasteiger partial charge in [0, 0.05) is 24.0 Å². The zero-order valence-corrected chi connectivity index (χ0v) is 11.1. The summed E-state index contributed by atoms with van der Waals surface area (Å²) in [7, 11) is 1.33. The maximum absolute atomic E-state index is 11.9. The summed E-state index contributed by atoms with van der Waals surface area (Å²) in [5.74, 6) is -0.0212. The number of hydrogen-bond acceptors (Lipinski definition) is 5. The van der Waals surface area contributed by atoms with Crippen molar-refractivity contribution in [2.75, 3.05) is 7.11 Å². The summed E-state index contributed by atoms with van der Waals surface area (Å²) in [4.78, 5) is 20.2. The van der Waals surface area contributed by atoms with E-state index >= 15 is 0 Å². The van der Waals surface area contributed by atoms with Gasteiger partial charge in [-0.05, 0) is 18.2 Å². The minimum Gasteiger partial charge on any atom is -0.465 e. The summed E-state index contributed by atoms with van der Waals surface area (Å²) in [5, 5.41) is 9.73. The van der Waals surface area contributed by atoms with E-state index < -0.39 is 5.97 Å². The van der Waals surface area contributed by atoms with Gasteiger partial charge in [0.25, 0.3) is 0 Å². The molecular formula is C15H10N4O2. The molecular weight excluding hydrogens is 268 g/mol. The first-order valence-electron chi connectivity index (χ1n) is 6.15. The molecule has 0 spiro atoms. The van der Waals surface area contributed by atoms with Crippen molar-refractivity contribution in [2.45, 2.75) is 0 Å².